The highest BCUT2D eigenvalue weighted by Crippen LogP contribution is 2.36. The number of fused-ring (bicyclic) bond motifs is 1. The quantitative estimate of drug-likeness (QED) is 0.372. The molecule has 0 spiro atoms. The zero-order chi connectivity index (χ0) is 20.4. The average Bonchev–Trinajstić information content (AvgIpc) is 3.14. The fourth-order valence-electron chi connectivity index (χ4n) is 2.93. The van der Waals surface area contributed by atoms with Crippen molar-refractivity contribution in [3.63, 3.8) is 0 Å². The summed E-state index contributed by atoms with van der Waals surface area (Å²) in [4.78, 5) is 17.2. The molecular weight excluding hydrogens is 448 g/mol. The number of carbonyl (C=O) groups is 1. The Morgan fingerprint density at radius 1 is 1.07 bits per heavy atom. The number of hydrogen-bond acceptors (Lipinski definition) is 4. The maximum Gasteiger partial charge on any atom is 0.262 e. The summed E-state index contributed by atoms with van der Waals surface area (Å²) in [7, 11) is 0. The lowest BCUT2D eigenvalue weighted by Crippen LogP contribution is -2.20. The molecule has 29 heavy (non-hydrogen) atoms. The van der Waals surface area contributed by atoms with Gasteiger partial charge in [0.25, 0.3) is 5.91 Å². The van der Waals surface area contributed by atoms with Gasteiger partial charge in [-0.25, -0.2) is 4.98 Å². The van der Waals surface area contributed by atoms with Crippen molar-refractivity contribution in [2.45, 2.75) is 13.8 Å². The molecule has 0 bridgehead atoms. The van der Waals surface area contributed by atoms with E-state index in [1.807, 2.05) is 74.5 Å². The van der Waals surface area contributed by atoms with Gasteiger partial charge < -0.3 is 10.1 Å². The summed E-state index contributed by atoms with van der Waals surface area (Å²) < 4.78 is 7.69. The Labute approximate surface area is 181 Å². The number of ether oxygens (including phenoxy) is 1. The van der Waals surface area contributed by atoms with E-state index in [2.05, 4.69) is 21.2 Å². The minimum absolute atomic E-state index is 0.0577. The fraction of sp³-hybridized carbons (Fsp3) is 0.130. The molecule has 0 saturated heterocycles. The second-order valence-electron chi connectivity index (χ2n) is 6.76. The minimum atomic E-state index is -0.215. The van der Waals surface area contributed by atoms with Crippen molar-refractivity contribution in [2.24, 2.45) is 0 Å². The summed E-state index contributed by atoms with van der Waals surface area (Å²) in [6, 6.07) is 19.6. The number of amides is 1. The maximum absolute atomic E-state index is 12.5. The van der Waals surface area contributed by atoms with Crippen molar-refractivity contribution >= 4 is 49.1 Å². The molecule has 4 aromatic rings. The van der Waals surface area contributed by atoms with Gasteiger partial charge in [-0.2, -0.15) is 0 Å². The van der Waals surface area contributed by atoms with Crippen molar-refractivity contribution in [2.75, 3.05) is 11.9 Å². The molecule has 4 rings (SSSR count). The Hall–Kier alpha value is -2.70. The zero-order valence-electron chi connectivity index (χ0n) is 16.0. The van der Waals surface area contributed by atoms with Crippen molar-refractivity contribution < 1.29 is 9.53 Å². The van der Waals surface area contributed by atoms with Crippen LogP contribution >= 0.6 is 27.3 Å². The second kappa shape index (κ2) is 8.35. The summed E-state index contributed by atoms with van der Waals surface area (Å²) >= 11 is 5.12. The lowest BCUT2D eigenvalue weighted by molar-refractivity contribution is -0.118. The van der Waals surface area contributed by atoms with Crippen LogP contribution in [0.3, 0.4) is 0 Å². The van der Waals surface area contributed by atoms with Gasteiger partial charge in [0.15, 0.2) is 6.61 Å². The van der Waals surface area contributed by atoms with E-state index in [-0.39, 0.29) is 12.5 Å². The van der Waals surface area contributed by atoms with Crippen LogP contribution in [0.4, 0.5) is 5.69 Å². The monoisotopic (exact) mass is 466 g/mol. The Balaban J connectivity index is 1.53. The molecule has 3 aromatic carbocycles. The largest absolute Gasteiger partial charge is 0.484 e. The summed E-state index contributed by atoms with van der Waals surface area (Å²) in [5.41, 5.74) is 4.86. The third-order valence-electron chi connectivity index (χ3n) is 4.63. The van der Waals surface area contributed by atoms with E-state index in [1.165, 1.54) is 5.56 Å². The number of aryl methyl sites for hydroxylation is 2. The van der Waals surface area contributed by atoms with Gasteiger partial charge in [-0.05, 0) is 67.4 Å². The van der Waals surface area contributed by atoms with Crippen LogP contribution in [-0.4, -0.2) is 17.5 Å². The Bertz CT molecular complexity index is 1170. The van der Waals surface area contributed by atoms with Crippen LogP contribution in [0.5, 0.6) is 5.75 Å². The maximum atomic E-state index is 12.5. The van der Waals surface area contributed by atoms with Crippen molar-refractivity contribution in [3.05, 3.63) is 76.3 Å². The van der Waals surface area contributed by atoms with E-state index in [0.29, 0.717) is 11.4 Å². The highest BCUT2D eigenvalue weighted by atomic mass is 79.9. The van der Waals surface area contributed by atoms with Crippen LogP contribution in [0.15, 0.2) is 65.1 Å². The van der Waals surface area contributed by atoms with Gasteiger partial charge in [0.05, 0.1) is 15.9 Å². The topological polar surface area (TPSA) is 51.2 Å². The third-order valence-corrected chi connectivity index (χ3v) is 6.19. The lowest BCUT2D eigenvalue weighted by atomic mass is 10.1. The molecule has 146 valence electrons. The van der Waals surface area contributed by atoms with Crippen LogP contribution in [0, 0.1) is 13.8 Å². The number of aromatic nitrogens is 1. The van der Waals surface area contributed by atoms with Gasteiger partial charge in [-0.15, -0.1) is 11.3 Å². The highest BCUT2D eigenvalue weighted by Gasteiger charge is 2.14. The number of rotatable bonds is 5. The summed E-state index contributed by atoms with van der Waals surface area (Å²) in [5, 5.41) is 3.82. The van der Waals surface area contributed by atoms with E-state index in [0.717, 1.165) is 30.8 Å². The molecule has 0 unspecified atom stereocenters. The van der Waals surface area contributed by atoms with Crippen molar-refractivity contribution in [1.82, 2.24) is 4.98 Å². The molecule has 0 aliphatic rings. The minimum Gasteiger partial charge on any atom is -0.484 e. The fourth-order valence-corrected chi connectivity index (χ4v) is 4.29. The first kappa shape index (κ1) is 19.6. The summed E-state index contributed by atoms with van der Waals surface area (Å²) in [5.74, 6) is 0.471. The molecular formula is C23H19BrN2O2S. The number of anilines is 1. The van der Waals surface area contributed by atoms with E-state index in [1.54, 1.807) is 11.3 Å². The molecule has 4 nitrogen and oxygen atoms in total. The predicted molar refractivity (Wildman–Crippen MR) is 123 cm³/mol. The normalized spacial score (nSPS) is 10.9. The molecule has 0 aliphatic heterocycles. The van der Waals surface area contributed by atoms with E-state index >= 15 is 0 Å². The van der Waals surface area contributed by atoms with Crippen molar-refractivity contribution in [3.8, 4) is 16.3 Å². The number of nitrogens with one attached hydrogen (secondary N) is 1. The van der Waals surface area contributed by atoms with Crippen molar-refractivity contribution in [1.29, 1.82) is 0 Å². The number of para-hydroxylation sites is 1. The SMILES string of the molecule is Cc1ccc(OCC(=O)Nc2ccc(Br)cc2-c2nc3ccccc3s2)cc1C. The zero-order valence-corrected chi connectivity index (χ0v) is 18.4. The number of halogens is 1. The van der Waals surface area contributed by atoms with Crippen LogP contribution in [-0.2, 0) is 4.79 Å². The molecule has 1 aromatic heterocycles. The van der Waals surface area contributed by atoms with Crippen LogP contribution in [0.2, 0.25) is 0 Å². The highest BCUT2D eigenvalue weighted by molar-refractivity contribution is 9.10. The number of benzene rings is 3. The molecule has 0 atom stereocenters. The molecule has 6 heteroatoms. The van der Waals surface area contributed by atoms with E-state index < -0.39 is 0 Å². The van der Waals surface area contributed by atoms with Crippen LogP contribution in [0.25, 0.3) is 20.8 Å². The smallest absolute Gasteiger partial charge is 0.262 e. The standard InChI is InChI=1S/C23H19BrN2O2S/c1-14-7-9-17(11-15(14)2)28-13-22(27)25-19-10-8-16(24)12-18(19)23-26-20-5-3-4-6-21(20)29-23/h3-12H,13H2,1-2H3,(H,25,27). The first-order chi connectivity index (χ1) is 14.0. The predicted octanol–water partition coefficient (Wildman–Crippen LogP) is 6.36. The summed E-state index contributed by atoms with van der Waals surface area (Å²) in [6.45, 7) is 4.01. The van der Waals surface area contributed by atoms with E-state index in [4.69, 9.17) is 9.72 Å². The Morgan fingerprint density at radius 2 is 1.90 bits per heavy atom. The molecule has 1 amide bonds. The number of thiazole rings is 1. The Kier molecular flexibility index (Phi) is 5.65. The van der Waals surface area contributed by atoms with Gasteiger partial charge in [0.1, 0.15) is 10.8 Å². The molecule has 0 radical (unpaired) electrons. The number of hydrogen-bond donors (Lipinski definition) is 1. The molecule has 0 aliphatic carbocycles. The van der Waals surface area contributed by atoms with Gasteiger partial charge in [0.2, 0.25) is 0 Å². The summed E-state index contributed by atoms with van der Waals surface area (Å²) in [6.07, 6.45) is 0. The number of carbonyl (C=O) groups excluding carboxylic acids is 1. The van der Waals surface area contributed by atoms with Gasteiger partial charge >= 0.3 is 0 Å². The molecule has 0 saturated carbocycles. The second-order valence-corrected chi connectivity index (χ2v) is 8.71. The van der Waals surface area contributed by atoms with E-state index in [9.17, 15) is 4.79 Å². The first-order valence-corrected chi connectivity index (χ1v) is 10.8. The first-order valence-electron chi connectivity index (χ1n) is 9.15. The Morgan fingerprint density at radius 3 is 2.69 bits per heavy atom. The van der Waals surface area contributed by atoms with Gasteiger partial charge in [0, 0.05) is 10.0 Å². The van der Waals surface area contributed by atoms with Crippen LogP contribution < -0.4 is 10.1 Å². The van der Waals surface area contributed by atoms with Crippen LogP contribution in [0.1, 0.15) is 11.1 Å². The van der Waals surface area contributed by atoms with Gasteiger partial charge in [-0.3, -0.25) is 4.79 Å². The van der Waals surface area contributed by atoms with Gasteiger partial charge in [-0.1, -0.05) is 34.1 Å². The average molecular weight is 467 g/mol. The third kappa shape index (κ3) is 4.49. The molecule has 0 fully saturated rings. The molecule has 1 N–H and O–H groups in total. The molecule has 1 heterocycles. The lowest BCUT2D eigenvalue weighted by Gasteiger charge is -2.11. The number of nitrogens with zero attached hydrogens (tertiary/aromatic N) is 1.